The van der Waals surface area contributed by atoms with Gasteiger partial charge in [-0.3, -0.25) is 0 Å². The van der Waals surface area contributed by atoms with E-state index in [-0.39, 0.29) is 5.41 Å². The van der Waals surface area contributed by atoms with E-state index >= 15 is 0 Å². The highest BCUT2D eigenvalue weighted by atomic mass is 14.7. The number of benzene rings is 1. The van der Waals surface area contributed by atoms with Crippen molar-refractivity contribution in [1.82, 2.24) is 0 Å². The van der Waals surface area contributed by atoms with E-state index < -0.39 is 0 Å². The molecule has 7 aliphatic rings. The number of nitrogen functional groups attached to an aromatic ring is 1. The van der Waals surface area contributed by atoms with Crippen LogP contribution in [0, 0.1) is 71.0 Å². The first-order chi connectivity index (χ1) is 30.9. The molecule has 5 atom stereocenters. The van der Waals surface area contributed by atoms with Crippen molar-refractivity contribution < 1.29 is 0 Å². The first-order valence-electron chi connectivity index (χ1n) is 28.1. The minimum Gasteiger partial charge on any atom is -0.399 e. The maximum absolute atomic E-state index is 6.01. The Labute approximate surface area is 405 Å². The Morgan fingerprint density at radius 2 is 1.00 bits per heavy atom. The maximum Gasteiger partial charge on any atom is 0.0314 e. The van der Waals surface area contributed by atoms with Gasteiger partial charge in [0.25, 0.3) is 0 Å². The molecule has 5 unspecified atom stereocenters. The number of anilines is 1. The van der Waals surface area contributed by atoms with Crippen molar-refractivity contribution >= 4 is 5.69 Å². The van der Waals surface area contributed by atoms with Crippen molar-refractivity contribution in [2.24, 2.45) is 98.5 Å². The average molecular weight is 911 g/mol. The van der Waals surface area contributed by atoms with Gasteiger partial charge in [0.05, 0.1) is 0 Å². The molecule has 0 radical (unpaired) electrons. The summed E-state index contributed by atoms with van der Waals surface area (Å²) in [5.41, 5.74) is 42.0. The van der Waals surface area contributed by atoms with Crippen LogP contribution in [0.5, 0.6) is 0 Å². The molecule has 65 heavy (non-hydrogen) atoms. The topological polar surface area (TPSA) is 182 Å². The minimum atomic E-state index is 0.279. The molecule has 7 heteroatoms. The summed E-state index contributed by atoms with van der Waals surface area (Å²) < 4.78 is 0. The Morgan fingerprint density at radius 3 is 1.37 bits per heavy atom. The SMILES string of the molecule is CC1(C)CC(N)CC(C)(CN)C1.CC1CCC(CC2CCC(N)CC2)CC1.CC1CCC(N)CC1.CCC1CC2CCC1C2.CCC1CCC(CN)CC1.CCN.Cc1ccc(N)cc1. The number of hydrogen-bond acceptors (Lipinski definition) is 7. The van der Waals surface area contributed by atoms with Gasteiger partial charge in [-0.25, -0.2) is 0 Å². The lowest BCUT2D eigenvalue weighted by molar-refractivity contribution is 0.0904. The summed E-state index contributed by atoms with van der Waals surface area (Å²) in [7, 11) is 0. The summed E-state index contributed by atoms with van der Waals surface area (Å²) in [5, 5.41) is 0. The van der Waals surface area contributed by atoms with E-state index in [2.05, 4.69) is 48.5 Å². The molecular formula is C58H115N7. The van der Waals surface area contributed by atoms with E-state index in [0.29, 0.717) is 23.5 Å². The van der Waals surface area contributed by atoms with Crippen LogP contribution >= 0.6 is 0 Å². The fraction of sp³-hybridized carbons (Fsp3) is 0.897. The van der Waals surface area contributed by atoms with Crippen LogP contribution < -0.4 is 40.1 Å². The van der Waals surface area contributed by atoms with Gasteiger partial charge in [-0.15, -0.1) is 0 Å². The Morgan fingerprint density at radius 1 is 0.538 bits per heavy atom. The molecule has 7 fully saturated rings. The van der Waals surface area contributed by atoms with Crippen molar-refractivity contribution in [1.29, 1.82) is 0 Å². The number of aryl methyl sites for hydroxylation is 1. The zero-order valence-corrected chi connectivity index (χ0v) is 44.8. The molecule has 382 valence electrons. The molecular weight excluding hydrogens is 795 g/mol. The van der Waals surface area contributed by atoms with Gasteiger partial charge >= 0.3 is 0 Å². The van der Waals surface area contributed by atoms with Crippen LogP contribution in [0.15, 0.2) is 24.3 Å². The average Bonchev–Trinajstić information content (AvgIpc) is 3.92. The Kier molecular flexibility index (Phi) is 30.0. The monoisotopic (exact) mass is 910 g/mol. The van der Waals surface area contributed by atoms with Crippen molar-refractivity contribution in [3.63, 3.8) is 0 Å². The largest absolute Gasteiger partial charge is 0.399 e. The molecule has 0 saturated heterocycles. The molecule has 2 bridgehead atoms. The molecule has 7 saturated carbocycles. The fourth-order valence-corrected chi connectivity index (χ4v) is 12.9. The summed E-state index contributed by atoms with van der Waals surface area (Å²) in [6.07, 6.45) is 36.2. The normalized spacial score (nSPS) is 35.7. The van der Waals surface area contributed by atoms with Crippen LogP contribution in [0.1, 0.15) is 228 Å². The first kappa shape index (κ1) is 59.9. The predicted molar refractivity (Wildman–Crippen MR) is 288 cm³/mol. The zero-order chi connectivity index (χ0) is 48.4. The molecule has 8 rings (SSSR count). The third-order valence-electron chi connectivity index (χ3n) is 17.1. The zero-order valence-electron chi connectivity index (χ0n) is 44.8. The summed E-state index contributed by atoms with van der Waals surface area (Å²) >= 11 is 0. The highest BCUT2D eigenvalue weighted by molar-refractivity contribution is 5.38. The van der Waals surface area contributed by atoms with E-state index in [4.69, 9.17) is 40.1 Å². The van der Waals surface area contributed by atoms with Crippen LogP contribution in [0.25, 0.3) is 0 Å². The number of nitrogens with two attached hydrogens (primary N) is 7. The number of rotatable bonds is 6. The predicted octanol–water partition coefficient (Wildman–Crippen LogP) is 13.3. The third kappa shape index (κ3) is 25.8. The maximum atomic E-state index is 6.01. The van der Waals surface area contributed by atoms with E-state index in [1.807, 2.05) is 38.1 Å². The second-order valence-corrected chi connectivity index (χ2v) is 24.4. The van der Waals surface area contributed by atoms with Gasteiger partial charge in [-0.2, -0.15) is 0 Å². The summed E-state index contributed by atoms with van der Waals surface area (Å²) in [6.45, 7) is 22.6. The lowest BCUT2D eigenvalue weighted by Gasteiger charge is -2.45. The van der Waals surface area contributed by atoms with Gasteiger partial charge < -0.3 is 40.1 Å². The van der Waals surface area contributed by atoms with Crippen molar-refractivity contribution in [3.05, 3.63) is 29.8 Å². The molecule has 14 N–H and O–H groups in total. The van der Waals surface area contributed by atoms with E-state index in [9.17, 15) is 0 Å². The standard InChI is InChI=1S/C14H27N.C10H22N2.C9H19N.C9H16.C7H15N.C7H9N.C2H7N/c1-11-2-4-12(5-3-11)10-13-6-8-14(15)9-7-13;1-9(2)4-8(12)5-10(3,6-9)7-11;1-2-8-3-5-9(7-10)6-4-8;1-2-8-5-7-3-4-9(8)6-7;2*1-6-2-4-7(8)5-3-6;1-2-3/h11-14H,2-10,15H2,1H3;8H,4-7,11-12H2,1-3H3;8-9H,2-7,10H2,1H3;7-9H,2-6H2,1H3;6-7H,2-5,8H2,1H3;2-5H,8H2,1H3;2-3H2,1H3. The minimum absolute atomic E-state index is 0.279. The molecule has 7 nitrogen and oxygen atoms in total. The molecule has 7 aliphatic carbocycles. The smallest absolute Gasteiger partial charge is 0.0314 e. The summed E-state index contributed by atoms with van der Waals surface area (Å²) in [5.74, 6) is 9.31. The summed E-state index contributed by atoms with van der Waals surface area (Å²) in [4.78, 5) is 0. The van der Waals surface area contributed by atoms with Crippen molar-refractivity contribution in [2.45, 2.75) is 247 Å². The molecule has 0 aromatic heterocycles. The fourth-order valence-electron chi connectivity index (χ4n) is 12.9. The van der Waals surface area contributed by atoms with Crippen molar-refractivity contribution in [2.75, 3.05) is 25.4 Å². The van der Waals surface area contributed by atoms with Crippen LogP contribution in [0.2, 0.25) is 0 Å². The number of hydrogen-bond donors (Lipinski definition) is 7. The molecule has 0 heterocycles. The summed E-state index contributed by atoms with van der Waals surface area (Å²) in [6, 6.07) is 9.18. The van der Waals surface area contributed by atoms with Crippen molar-refractivity contribution in [3.8, 4) is 0 Å². The first-order valence-corrected chi connectivity index (χ1v) is 28.1. The van der Waals surface area contributed by atoms with E-state index in [0.717, 1.165) is 91.4 Å². The quantitative estimate of drug-likeness (QED) is 0.139. The second kappa shape index (κ2) is 32.6. The third-order valence-corrected chi connectivity index (χ3v) is 17.1. The van der Waals surface area contributed by atoms with Crippen LogP contribution in [-0.4, -0.2) is 37.8 Å². The Hall–Kier alpha value is -1.22. The second-order valence-electron chi connectivity index (χ2n) is 24.4. The molecule has 0 amide bonds. The highest BCUT2D eigenvalue weighted by Gasteiger charge is 2.39. The molecule has 0 spiro atoms. The highest BCUT2D eigenvalue weighted by Crippen LogP contribution is 2.49. The van der Waals surface area contributed by atoms with Gasteiger partial charge in [0.15, 0.2) is 0 Å². The van der Waals surface area contributed by atoms with Gasteiger partial charge in [0.2, 0.25) is 0 Å². The van der Waals surface area contributed by atoms with Crippen LogP contribution in [0.4, 0.5) is 5.69 Å². The van der Waals surface area contributed by atoms with E-state index in [1.165, 1.54) is 134 Å². The van der Waals surface area contributed by atoms with Gasteiger partial charge in [-0.1, -0.05) is 131 Å². The van der Waals surface area contributed by atoms with Gasteiger partial charge in [0, 0.05) is 23.8 Å². The van der Waals surface area contributed by atoms with Gasteiger partial charge in [-0.05, 0) is 212 Å². The lowest BCUT2D eigenvalue weighted by Crippen LogP contribution is -2.45. The van der Waals surface area contributed by atoms with Gasteiger partial charge in [0.1, 0.15) is 0 Å². The van der Waals surface area contributed by atoms with E-state index in [1.54, 1.807) is 25.7 Å². The number of fused-ring (bicyclic) bond motifs is 2. The molecule has 0 aliphatic heterocycles. The Bertz CT molecular complexity index is 1210. The lowest BCUT2D eigenvalue weighted by atomic mass is 9.63. The van der Waals surface area contributed by atoms with Crippen LogP contribution in [-0.2, 0) is 0 Å². The Balaban J connectivity index is 0.000000268. The van der Waals surface area contributed by atoms with Crippen LogP contribution in [0.3, 0.4) is 0 Å². The molecule has 1 aromatic carbocycles. The molecule has 1 aromatic rings.